The maximum absolute atomic E-state index is 13.5. The lowest BCUT2D eigenvalue weighted by Crippen LogP contribution is -2.31. The zero-order chi connectivity index (χ0) is 32.0. The van der Waals surface area contributed by atoms with Crippen molar-refractivity contribution in [2.24, 2.45) is 0 Å². The Balaban J connectivity index is 1.50. The lowest BCUT2D eigenvalue weighted by atomic mass is 9.91. The maximum atomic E-state index is 13.5. The van der Waals surface area contributed by atoms with E-state index in [-0.39, 0.29) is 6.61 Å². The van der Waals surface area contributed by atoms with Crippen LogP contribution >= 0.6 is 22.9 Å². The van der Waals surface area contributed by atoms with Gasteiger partial charge >= 0.3 is 5.97 Å². The van der Waals surface area contributed by atoms with Gasteiger partial charge in [0.25, 0.3) is 0 Å². The van der Waals surface area contributed by atoms with Gasteiger partial charge in [0.1, 0.15) is 10.8 Å². The summed E-state index contributed by atoms with van der Waals surface area (Å²) in [5.74, 6) is 0.644. The van der Waals surface area contributed by atoms with Gasteiger partial charge in [0.15, 0.2) is 6.10 Å². The van der Waals surface area contributed by atoms with Crippen molar-refractivity contribution < 1.29 is 14.3 Å². The molecule has 1 fully saturated rings. The fourth-order valence-corrected chi connectivity index (χ4v) is 7.69. The summed E-state index contributed by atoms with van der Waals surface area (Å²) < 4.78 is 15.4. The van der Waals surface area contributed by atoms with E-state index in [4.69, 9.17) is 31.0 Å². The molecule has 7 nitrogen and oxygen atoms in total. The third kappa shape index (κ3) is 6.39. The van der Waals surface area contributed by atoms with E-state index in [9.17, 15) is 4.79 Å². The second kappa shape index (κ2) is 12.5. The number of rotatable bonds is 7. The molecule has 1 atom stereocenters. The Morgan fingerprint density at radius 1 is 1.02 bits per heavy atom. The minimum Gasteiger partial charge on any atom is -0.464 e. The van der Waals surface area contributed by atoms with E-state index in [0.717, 1.165) is 80.3 Å². The van der Waals surface area contributed by atoms with Gasteiger partial charge in [-0.25, -0.2) is 14.8 Å². The van der Waals surface area contributed by atoms with Crippen molar-refractivity contribution in [1.82, 2.24) is 19.4 Å². The van der Waals surface area contributed by atoms with Crippen LogP contribution < -0.4 is 0 Å². The van der Waals surface area contributed by atoms with Crippen LogP contribution in [-0.2, 0) is 14.3 Å². The van der Waals surface area contributed by atoms with Gasteiger partial charge in [0.2, 0.25) is 0 Å². The maximum Gasteiger partial charge on any atom is 0.339 e. The van der Waals surface area contributed by atoms with E-state index < -0.39 is 17.7 Å². The molecule has 1 saturated heterocycles. The van der Waals surface area contributed by atoms with Gasteiger partial charge in [-0.05, 0) is 122 Å². The first kappa shape index (κ1) is 31.7. The van der Waals surface area contributed by atoms with Crippen molar-refractivity contribution in [3.05, 3.63) is 70.5 Å². The largest absolute Gasteiger partial charge is 0.464 e. The predicted molar refractivity (Wildman–Crippen MR) is 184 cm³/mol. The van der Waals surface area contributed by atoms with Crippen LogP contribution in [0.15, 0.2) is 48.5 Å². The number of benzene rings is 3. The van der Waals surface area contributed by atoms with Crippen LogP contribution in [0.4, 0.5) is 0 Å². The first-order valence-electron chi connectivity index (χ1n) is 15.7. The summed E-state index contributed by atoms with van der Waals surface area (Å²) in [4.78, 5) is 26.0. The van der Waals surface area contributed by atoms with Crippen LogP contribution in [0.1, 0.15) is 69.6 Å². The molecule has 1 aliphatic heterocycles. The molecule has 5 aromatic rings. The number of imidazole rings is 1. The number of halogens is 1. The van der Waals surface area contributed by atoms with Crippen molar-refractivity contribution in [3.8, 4) is 21.7 Å². The van der Waals surface area contributed by atoms with Crippen molar-refractivity contribution in [1.29, 1.82) is 0 Å². The number of thiazole rings is 1. The highest BCUT2D eigenvalue weighted by Crippen LogP contribution is 2.45. The highest BCUT2D eigenvalue weighted by Gasteiger charge is 2.33. The third-order valence-corrected chi connectivity index (χ3v) is 9.85. The average molecular weight is 645 g/mol. The minimum atomic E-state index is -0.909. The number of hydrogen-bond donors (Lipinski definition) is 0. The van der Waals surface area contributed by atoms with Crippen LogP contribution in [0.5, 0.6) is 0 Å². The van der Waals surface area contributed by atoms with Crippen molar-refractivity contribution in [2.75, 3.05) is 26.7 Å². The summed E-state index contributed by atoms with van der Waals surface area (Å²) in [6, 6.07) is 16.8. The Morgan fingerprint density at radius 2 is 1.71 bits per heavy atom. The Morgan fingerprint density at radius 3 is 2.38 bits per heavy atom. The number of hydrogen-bond acceptors (Lipinski definition) is 7. The van der Waals surface area contributed by atoms with E-state index in [0.29, 0.717) is 11.1 Å². The first-order chi connectivity index (χ1) is 21.4. The zero-order valence-electron chi connectivity index (χ0n) is 27.1. The molecule has 0 radical (unpaired) electrons. The lowest BCUT2D eigenvalue weighted by Gasteiger charge is -2.30. The van der Waals surface area contributed by atoms with Gasteiger partial charge < -0.3 is 18.9 Å². The number of carbonyl (C=O) groups excluding carboxylic acids is 1. The molecule has 236 valence electrons. The van der Waals surface area contributed by atoms with Gasteiger partial charge in [-0.2, -0.15) is 0 Å². The summed E-state index contributed by atoms with van der Waals surface area (Å²) in [6.07, 6.45) is 1.35. The molecule has 0 aliphatic carbocycles. The smallest absolute Gasteiger partial charge is 0.339 e. The molecule has 3 aromatic carbocycles. The number of carbonyl (C=O) groups is 1. The molecule has 0 saturated carbocycles. The first-order valence-corrected chi connectivity index (χ1v) is 16.8. The van der Waals surface area contributed by atoms with Gasteiger partial charge in [0.05, 0.1) is 33.5 Å². The Labute approximate surface area is 274 Å². The number of nitrogens with zero attached hydrogens (tertiary/aromatic N) is 4. The number of ether oxygens (including phenoxy) is 2. The van der Waals surface area contributed by atoms with Crippen LogP contribution in [0.3, 0.4) is 0 Å². The molecule has 9 heteroatoms. The topological polar surface area (TPSA) is 69.5 Å². The van der Waals surface area contributed by atoms with Crippen LogP contribution in [0, 0.1) is 13.8 Å². The van der Waals surface area contributed by atoms with Crippen LogP contribution in [-0.4, -0.2) is 57.7 Å². The molecule has 1 unspecified atom stereocenters. The molecule has 2 aromatic heterocycles. The molecule has 0 bridgehead atoms. The Bertz CT molecular complexity index is 1860. The molecular formula is C36H41ClN4O3S. The fraction of sp³-hybridized carbons (Fsp3) is 0.417. The Kier molecular flexibility index (Phi) is 8.78. The molecule has 3 heterocycles. The number of piperidine rings is 1. The quantitative estimate of drug-likeness (QED) is 0.165. The van der Waals surface area contributed by atoms with Gasteiger partial charge in [-0.15, -0.1) is 11.3 Å². The SMILES string of the molecule is CCOC(=O)C(OC(C)(C)C)c1c(C)cc2nc(-c3ccc4c(c3)nc(C)n4C3CCN(C)CC3)sc2c1-c1ccc(Cl)cc1. The molecular weight excluding hydrogens is 604 g/mol. The van der Waals surface area contributed by atoms with E-state index in [1.54, 1.807) is 11.3 Å². The molecule has 0 N–H and O–H groups in total. The standard InChI is InChI=1S/C36H41ClN4O3S/c1-8-43-35(42)32(44-36(4,5)6)30-21(2)19-28-33(31(30)23-9-12-25(37)13-10-23)45-34(39-28)24-11-14-29-27(20-24)38-22(3)41(29)26-15-17-40(7)18-16-26/h9-14,19-20,26,32H,8,15-18H2,1-7H3. The average Bonchev–Trinajstić information content (AvgIpc) is 3.55. The summed E-state index contributed by atoms with van der Waals surface area (Å²) in [5, 5.41) is 1.54. The van der Waals surface area contributed by atoms with E-state index in [2.05, 4.69) is 47.7 Å². The van der Waals surface area contributed by atoms with E-state index in [1.165, 1.54) is 5.52 Å². The predicted octanol–water partition coefficient (Wildman–Crippen LogP) is 8.94. The molecule has 0 amide bonds. The van der Waals surface area contributed by atoms with Gasteiger partial charge in [-0.3, -0.25) is 0 Å². The highest BCUT2D eigenvalue weighted by atomic mass is 35.5. The second-order valence-corrected chi connectivity index (χ2v) is 14.4. The molecule has 1 aliphatic rings. The summed E-state index contributed by atoms with van der Waals surface area (Å²) >= 11 is 7.93. The third-order valence-electron chi connectivity index (χ3n) is 8.46. The molecule has 45 heavy (non-hydrogen) atoms. The zero-order valence-corrected chi connectivity index (χ0v) is 28.7. The second-order valence-electron chi connectivity index (χ2n) is 13.0. The molecule has 0 spiro atoms. The van der Waals surface area contributed by atoms with Crippen molar-refractivity contribution >= 4 is 50.2 Å². The van der Waals surface area contributed by atoms with E-state index >= 15 is 0 Å². The van der Waals surface area contributed by atoms with Crippen LogP contribution in [0.2, 0.25) is 5.02 Å². The summed E-state index contributed by atoms with van der Waals surface area (Å²) in [6.45, 7) is 14.2. The Hall–Kier alpha value is -3.30. The normalized spacial score (nSPS) is 15.6. The summed E-state index contributed by atoms with van der Waals surface area (Å²) in [7, 11) is 2.19. The minimum absolute atomic E-state index is 0.265. The van der Waals surface area contributed by atoms with Crippen molar-refractivity contribution in [2.45, 2.75) is 72.1 Å². The number of esters is 1. The van der Waals surface area contributed by atoms with Gasteiger partial charge in [-0.1, -0.05) is 23.7 Å². The number of likely N-dealkylation sites (tertiary alicyclic amines) is 1. The van der Waals surface area contributed by atoms with Crippen molar-refractivity contribution in [3.63, 3.8) is 0 Å². The number of fused-ring (bicyclic) bond motifs is 2. The fourth-order valence-electron chi connectivity index (χ4n) is 6.44. The lowest BCUT2D eigenvalue weighted by molar-refractivity contribution is -0.166. The number of aryl methyl sites for hydroxylation is 2. The van der Waals surface area contributed by atoms with Crippen LogP contribution in [0.25, 0.3) is 42.9 Å². The van der Waals surface area contributed by atoms with E-state index in [1.807, 2.05) is 58.9 Å². The number of aromatic nitrogens is 3. The van der Waals surface area contributed by atoms with Gasteiger partial charge in [0, 0.05) is 27.8 Å². The molecule has 6 rings (SSSR count). The monoisotopic (exact) mass is 644 g/mol. The summed E-state index contributed by atoms with van der Waals surface area (Å²) in [5.41, 5.74) is 7.01. The highest BCUT2D eigenvalue weighted by molar-refractivity contribution is 7.22.